The zero-order valence-corrected chi connectivity index (χ0v) is 13.0. The predicted molar refractivity (Wildman–Crippen MR) is 83.3 cm³/mol. The summed E-state index contributed by atoms with van der Waals surface area (Å²) >= 11 is 0. The van der Waals surface area contributed by atoms with Crippen molar-refractivity contribution >= 4 is 12.0 Å². The lowest BCUT2D eigenvalue weighted by atomic mass is 10.2. The van der Waals surface area contributed by atoms with Crippen LogP contribution in [0.1, 0.15) is 12.5 Å². The van der Waals surface area contributed by atoms with Crippen LogP contribution >= 0.6 is 0 Å². The Morgan fingerprint density at radius 3 is 2.45 bits per heavy atom. The third kappa shape index (κ3) is 5.04. The van der Waals surface area contributed by atoms with Gasteiger partial charge in [-0.05, 0) is 12.5 Å². The highest BCUT2D eigenvalue weighted by Crippen LogP contribution is 2.04. The second kappa shape index (κ2) is 8.38. The minimum Gasteiger partial charge on any atom is -0.450 e. The van der Waals surface area contributed by atoms with Gasteiger partial charge < -0.3 is 15.0 Å². The highest BCUT2D eigenvalue weighted by Gasteiger charge is 2.22. The molecule has 2 rings (SSSR count). The Hall–Kier alpha value is -2.08. The standard InChI is InChI=1S/C16H23N3O3/c1-2-22-16(21)19-10-8-18(9-11-19)13-15(20)17-12-14-6-4-3-5-7-14/h3-7H,2,8-13H2,1H3,(H,17,20). The van der Waals surface area contributed by atoms with Crippen molar-refractivity contribution in [1.82, 2.24) is 15.1 Å². The second-order valence-corrected chi connectivity index (χ2v) is 5.22. The Kier molecular flexibility index (Phi) is 6.21. The van der Waals surface area contributed by atoms with Crippen molar-refractivity contribution in [2.45, 2.75) is 13.5 Å². The number of rotatable bonds is 5. The summed E-state index contributed by atoms with van der Waals surface area (Å²) in [5, 5.41) is 2.91. The maximum absolute atomic E-state index is 11.9. The Morgan fingerprint density at radius 1 is 1.14 bits per heavy atom. The summed E-state index contributed by atoms with van der Waals surface area (Å²) in [7, 11) is 0. The number of nitrogens with zero attached hydrogens (tertiary/aromatic N) is 2. The van der Waals surface area contributed by atoms with E-state index < -0.39 is 0 Å². The van der Waals surface area contributed by atoms with Crippen molar-refractivity contribution in [3.05, 3.63) is 35.9 Å². The molecule has 0 aliphatic carbocycles. The first-order chi connectivity index (χ1) is 10.7. The van der Waals surface area contributed by atoms with Gasteiger partial charge in [0.25, 0.3) is 0 Å². The van der Waals surface area contributed by atoms with Gasteiger partial charge in [-0.3, -0.25) is 9.69 Å². The maximum Gasteiger partial charge on any atom is 0.409 e. The third-order valence-corrected chi connectivity index (χ3v) is 3.60. The number of piperazine rings is 1. The van der Waals surface area contributed by atoms with Crippen LogP contribution in [0.4, 0.5) is 4.79 Å². The molecule has 0 atom stereocenters. The van der Waals surface area contributed by atoms with Gasteiger partial charge >= 0.3 is 6.09 Å². The van der Waals surface area contributed by atoms with Gasteiger partial charge in [-0.2, -0.15) is 0 Å². The first-order valence-electron chi connectivity index (χ1n) is 7.63. The van der Waals surface area contributed by atoms with Gasteiger partial charge in [0.1, 0.15) is 0 Å². The fourth-order valence-electron chi connectivity index (χ4n) is 2.36. The first-order valence-corrected chi connectivity index (χ1v) is 7.63. The highest BCUT2D eigenvalue weighted by molar-refractivity contribution is 5.78. The van der Waals surface area contributed by atoms with E-state index in [-0.39, 0.29) is 12.0 Å². The molecule has 0 saturated carbocycles. The largest absolute Gasteiger partial charge is 0.450 e. The van der Waals surface area contributed by atoms with Crippen LogP contribution in [-0.2, 0) is 16.1 Å². The number of carbonyl (C=O) groups excluding carboxylic acids is 2. The first kappa shape index (κ1) is 16.3. The van der Waals surface area contributed by atoms with Crippen LogP contribution in [0.3, 0.4) is 0 Å². The van der Waals surface area contributed by atoms with E-state index in [1.165, 1.54) is 0 Å². The normalized spacial score (nSPS) is 15.4. The Labute approximate surface area is 131 Å². The molecule has 1 aliphatic rings. The number of amides is 2. The summed E-state index contributed by atoms with van der Waals surface area (Å²) in [4.78, 5) is 27.3. The van der Waals surface area contributed by atoms with Crippen LogP contribution in [0, 0.1) is 0 Å². The van der Waals surface area contributed by atoms with E-state index in [0.29, 0.717) is 45.9 Å². The van der Waals surface area contributed by atoms with Crippen molar-refractivity contribution < 1.29 is 14.3 Å². The quantitative estimate of drug-likeness (QED) is 0.884. The highest BCUT2D eigenvalue weighted by atomic mass is 16.6. The maximum atomic E-state index is 11.9. The molecule has 6 nitrogen and oxygen atoms in total. The van der Waals surface area contributed by atoms with Crippen LogP contribution in [0.5, 0.6) is 0 Å². The van der Waals surface area contributed by atoms with Gasteiger partial charge in [-0.15, -0.1) is 0 Å². The monoisotopic (exact) mass is 305 g/mol. The predicted octanol–water partition coefficient (Wildman–Crippen LogP) is 1.08. The molecule has 6 heteroatoms. The van der Waals surface area contributed by atoms with Crippen molar-refractivity contribution in [1.29, 1.82) is 0 Å². The van der Waals surface area contributed by atoms with E-state index in [4.69, 9.17) is 4.74 Å². The van der Waals surface area contributed by atoms with Gasteiger partial charge in [0.2, 0.25) is 5.91 Å². The van der Waals surface area contributed by atoms with Gasteiger partial charge in [0.05, 0.1) is 13.2 Å². The second-order valence-electron chi connectivity index (χ2n) is 5.22. The zero-order chi connectivity index (χ0) is 15.8. The fraction of sp³-hybridized carbons (Fsp3) is 0.500. The molecule has 1 aliphatic heterocycles. The molecule has 0 unspecified atom stereocenters. The van der Waals surface area contributed by atoms with Gasteiger partial charge in [-0.1, -0.05) is 30.3 Å². The summed E-state index contributed by atoms with van der Waals surface area (Å²) in [5.41, 5.74) is 1.09. The SMILES string of the molecule is CCOC(=O)N1CCN(CC(=O)NCc2ccccc2)CC1. The van der Waals surface area contributed by atoms with Crippen LogP contribution in [0.2, 0.25) is 0 Å². The van der Waals surface area contributed by atoms with E-state index >= 15 is 0 Å². The lowest BCUT2D eigenvalue weighted by molar-refractivity contribution is -0.122. The van der Waals surface area contributed by atoms with Gasteiger partial charge in [0, 0.05) is 32.7 Å². The number of benzene rings is 1. The Balaban J connectivity index is 1.67. The van der Waals surface area contributed by atoms with Crippen molar-refractivity contribution in [2.24, 2.45) is 0 Å². The molecular formula is C16H23N3O3. The molecule has 0 radical (unpaired) electrons. The molecule has 22 heavy (non-hydrogen) atoms. The van der Waals surface area contributed by atoms with Crippen LogP contribution in [0.25, 0.3) is 0 Å². The average Bonchev–Trinajstić information content (AvgIpc) is 2.55. The van der Waals surface area contributed by atoms with E-state index in [0.717, 1.165) is 5.56 Å². The molecule has 1 N–H and O–H groups in total. The molecule has 120 valence electrons. The topological polar surface area (TPSA) is 61.9 Å². The summed E-state index contributed by atoms with van der Waals surface area (Å²) in [6, 6.07) is 9.83. The van der Waals surface area contributed by atoms with Gasteiger partial charge in [-0.25, -0.2) is 4.79 Å². The number of hydrogen-bond donors (Lipinski definition) is 1. The third-order valence-electron chi connectivity index (χ3n) is 3.60. The molecule has 2 amide bonds. The van der Waals surface area contributed by atoms with E-state index in [1.807, 2.05) is 30.3 Å². The summed E-state index contributed by atoms with van der Waals surface area (Å²) in [5.74, 6) is 0.00781. The van der Waals surface area contributed by atoms with E-state index in [2.05, 4.69) is 10.2 Å². The minimum absolute atomic E-state index is 0.00781. The summed E-state index contributed by atoms with van der Waals surface area (Å²) < 4.78 is 4.97. The van der Waals surface area contributed by atoms with Gasteiger partial charge in [0.15, 0.2) is 0 Å². The molecule has 1 saturated heterocycles. The number of carbonyl (C=O) groups is 2. The van der Waals surface area contributed by atoms with E-state index in [9.17, 15) is 9.59 Å². The fourth-order valence-corrected chi connectivity index (χ4v) is 2.36. The minimum atomic E-state index is -0.268. The number of hydrogen-bond acceptors (Lipinski definition) is 4. The number of nitrogens with one attached hydrogen (secondary N) is 1. The molecule has 1 fully saturated rings. The van der Waals surface area contributed by atoms with Crippen molar-refractivity contribution in [3.8, 4) is 0 Å². The Bertz CT molecular complexity index is 485. The number of ether oxygens (including phenoxy) is 1. The molecule has 0 spiro atoms. The molecule has 0 bridgehead atoms. The molecule has 0 aromatic heterocycles. The molecule has 1 aromatic rings. The van der Waals surface area contributed by atoms with Crippen molar-refractivity contribution in [2.75, 3.05) is 39.3 Å². The summed E-state index contributed by atoms with van der Waals surface area (Å²) in [6.45, 7) is 5.68. The lowest BCUT2D eigenvalue weighted by Gasteiger charge is -2.33. The smallest absolute Gasteiger partial charge is 0.409 e. The van der Waals surface area contributed by atoms with Crippen molar-refractivity contribution in [3.63, 3.8) is 0 Å². The van der Waals surface area contributed by atoms with Crippen LogP contribution in [-0.4, -0.2) is 61.1 Å². The molecular weight excluding hydrogens is 282 g/mol. The molecule has 1 aromatic carbocycles. The lowest BCUT2D eigenvalue weighted by Crippen LogP contribution is -2.51. The molecule has 1 heterocycles. The summed E-state index contributed by atoms with van der Waals surface area (Å²) in [6.07, 6.45) is -0.268. The van der Waals surface area contributed by atoms with Crippen LogP contribution < -0.4 is 5.32 Å². The van der Waals surface area contributed by atoms with E-state index in [1.54, 1.807) is 11.8 Å². The Morgan fingerprint density at radius 2 is 1.82 bits per heavy atom. The zero-order valence-electron chi connectivity index (χ0n) is 13.0. The average molecular weight is 305 g/mol. The van der Waals surface area contributed by atoms with Crippen LogP contribution in [0.15, 0.2) is 30.3 Å².